The van der Waals surface area contributed by atoms with Crippen LogP contribution in [0, 0.1) is 6.92 Å². The lowest BCUT2D eigenvalue weighted by atomic mass is 10.0. The van der Waals surface area contributed by atoms with Gasteiger partial charge in [-0.05, 0) is 65.3 Å². The molecule has 2 N–H and O–H groups in total. The van der Waals surface area contributed by atoms with Gasteiger partial charge in [0.2, 0.25) is 0 Å². The molecule has 2 heterocycles. The van der Waals surface area contributed by atoms with Crippen LogP contribution in [0.4, 0.5) is 14.6 Å². The summed E-state index contributed by atoms with van der Waals surface area (Å²) in [5, 5.41) is 13.2. The number of nitrogens with one attached hydrogen (secondary N) is 1. The van der Waals surface area contributed by atoms with Crippen LogP contribution in [0.15, 0.2) is 36.4 Å². The average Bonchev–Trinajstić information content (AvgIpc) is 3.13. The van der Waals surface area contributed by atoms with E-state index in [9.17, 15) is 8.78 Å². The number of nitrogens with zero attached hydrogens (tertiary/aromatic N) is 3. The van der Waals surface area contributed by atoms with Crippen molar-refractivity contribution in [3.8, 4) is 11.5 Å². The molecule has 0 aliphatic carbocycles. The largest absolute Gasteiger partial charge is 0.493 e. The molecule has 1 aromatic heterocycles. The maximum atomic E-state index is 14.1. The highest BCUT2D eigenvalue weighted by Crippen LogP contribution is 2.37. The Hall–Kier alpha value is -3.04. The van der Waals surface area contributed by atoms with Gasteiger partial charge in [-0.15, -0.1) is 0 Å². The fraction of sp³-hybridized carbons (Fsp3) is 0.500. The van der Waals surface area contributed by atoms with Crippen LogP contribution in [0.5, 0.6) is 11.5 Å². The fourth-order valence-corrected chi connectivity index (χ4v) is 4.82. The molecule has 200 valence electrons. The number of aliphatic hydroxyl groups excluding tert-OH is 1. The van der Waals surface area contributed by atoms with Gasteiger partial charge in [-0.25, -0.2) is 9.97 Å². The lowest BCUT2D eigenvalue weighted by molar-refractivity contribution is -0.0556. The number of likely N-dealkylation sites (N-methyl/N-ethyl adjacent to an activating group) is 1. The summed E-state index contributed by atoms with van der Waals surface area (Å²) in [6.07, 6.45) is 2.16. The lowest BCUT2D eigenvalue weighted by Crippen LogP contribution is -2.41. The van der Waals surface area contributed by atoms with Gasteiger partial charge < -0.3 is 19.9 Å². The molecule has 0 unspecified atom stereocenters. The van der Waals surface area contributed by atoms with E-state index < -0.39 is 12.5 Å². The number of aliphatic hydroxyl groups is 1. The van der Waals surface area contributed by atoms with Crippen LogP contribution in [0.1, 0.15) is 56.6 Å². The molecule has 37 heavy (non-hydrogen) atoms. The summed E-state index contributed by atoms with van der Waals surface area (Å²) in [4.78, 5) is 11.5. The van der Waals surface area contributed by atoms with E-state index in [2.05, 4.69) is 41.1 Å². The van der Waals surface area contributed by atoms with Gasteiger partial charge in [-0.1, -0.05) is 18.2 Å². The molecule has 2 aromatic carbocycles. The van der Waals surface area contributed by atoms with Crippen LogP contribution in [0.25, 0.3) is 10.9 Å². The summed E-state index contributed by atoms with van der Waals surface area (Å²) in [6.45, 7) is 7.43. The number of methoxy groups -OCH3 is 1. The van der Waals surface area contributed by atoms with Crippen LogP contribution < -0.4 is 14.8 Å². The minimum atomic E-state index is -3.31. The number of aryl methyl sites for hydroxylation is 1. The van der Waals surface area contributed by atoms with E-state index in [1.54, 1.807) is 26.2 Å². The summed E-state index contributed by atoms with van der Waals surface area (Å²) in [7, 11) is 3.73. The van der Waals surface area contributed by atoms with Crippen LogP contribution in [-0.4, -0.2) is 58.9 Å². The predicted molar refractivity (Wildman–Crippen MR) is 141 cm³/mol. The van der Waals surface area contributed by atoms with Crippen LogP contribution in [-0.2, 0) is 5.92 Å². The SMILES string of the molecule is COc1cc2nc(C)nc(N[C@H](C)c3cccc(C(F)(F)CO)c3)c2cc1OC[C@@H]1CCC(C)(C)N1C. The Kier molecular flexibility index (Phi) is 7.57. The highest BCUT2D eigenvalue weighted by molar-refractivity contribution is 5.92. The second-order valence-electron chi connectivity index (χ2n) is 10.4. The molecule has 0 spiro atoms. The van der Waals surface area contributed by atoms with E-state index in [0.717, 1.165) is 18.2 Å². The molecule has 3 aromatic rings. The number of ether oxygens (including phenoxy) is 2. The lowest BCUT2D eigenvalue weighted by Gasteiger charge is -2.31. The number of fused-ring (bicyclic) bond motifs is 1. The first-order chi connectivity index (χ1) is 17.4. The molecule has 4 rings (SSSR count). The molecule has 0 saturated carbocycles. The van der Waals surface area contributed by atoms with Crippen molar-refractivity contribution in [1.29, 1.82) is 0 Å². The molecule has 0 radical (unpaired) electrons. The normalized spacial score (nSPS) is 18.7. The smallest absolute Gasteiger partial charge is 0.295 e. The van der Waals surface area contributed by atoms with E-state index in [4.69, 9.17) is 14.6 Å². The van der Waals surface area contributed by atoms with Crippen molar-refractivity contribution in [2.75, 3.05) is 32.7 Å². The molecular weight excluding hydrogens is 478 g/mol. The van der Waals surface area contributed by atoms with Gasteiger partial charge in [0.25, 0.3) is 5.92 Å². The minimum absolute atomic E-state index is 0.137. The first-order valence-electron chi connectivity index (χ1n) is 12.5. The van der Waals surface area contributed by atoms with Crippen LogP contribution >= 0.6 is 0 Å². The van der Waals surface area contributed by atoms with Crippen molar-refractivity contribution in [2.24, 2.45) is 0 Å². The van der Waals surface area contributed by atoms with Crippen molar-refractivity contribution in [3.63, 3.8) is 0 Å². The van der Waals surface area contributed by atoms with Gasteiger partial charge in [0.05, 0.1) is 12.6 Å². The van der Waals surface area contributed by atoms with Crippen molar-refractivity contribution in [3.05, 3.63) is 53.3 Å². The molecule has 9 heteroatoms. The van der Waals surface area contributed by atoms with Crippen molar-refractivity contribution < 1.29 is 23.4 Å². The standard InChI is InChI=1S/C28H36F2N4O3/c1-17(19-8-7-9-20(12-19)28(29,30)16-35)31-26-22-13-25(24(36-6)14-23(22)32-18(2)33-26)37-15-21-10-11-27(3,4)34(21)5/h7-9,12-14,17,21,35H,10-11,15-16H2,1-6H3,(H,31,32,33)/t17-,21+/m1/s1. The maximum Gasteiger partial charge on any atom is 0.295 e. The summed E-state index contributed by atoms with van der Waals surface area (Å²) in [5.41, 5.74) is 1.24. The van der Waals surface area contributed by atoms with Gasteiger partial charge >= 0.3 is 0 Å². The zero-order valence-corrected chi connectivity index (χ0v) is 22.3. The molecule has 0 amide bonds. The number of hydrogen-bond donors (Lipinski definition) is 2. The minimum Gasteiger partial charge on any atom is -0.493 e. The number of alkyl halides is 2. The second-order valence-corrected chi connectivity index (χ2v) is 10.4. The Morgan fingerprint density at radius 3 is 2.62 bits per heavy atom. The van der Waals surface area contributed by atoms with Crippen molar-refractivity contribution >= 4 is 16.7 Å². The van der Waals surface area contributed by atoms with Gasteiger partial charge in [-0.2, -0.15) is 8.78 Å². The molecule has 1 saturated heterocycles. The number of halogens is 2. The number of rotatable bonds is 9. The van der Waals surface area contributed by atoms with Gasteiger partial charge in [0.1, 0.15) is 24.9 Å². The quantitative estimate of drug-likeness (QED) is 0.393. The van der Waals surface area contributed by atoms with E-state index in [1.165, 1.54) is 12.1 Å². The van der Waals surface area contributed by atoms with E-state index >= 15 is 0 Å². The molecule has 1 fully saturated rings. The summed E-state index contributed by atoms with van der Waals surface area (Å²) in [6, 6.07) is 9.71. The molecule has 1 aliphatic heterocycles. The average molecular weight is 515 g/mol. The predicted octanol–water partition coefficient (Wildman–Crippen LogP) is 5.46. The summed E-state index contributed by atoms with van der Waals surface area (Å²) < 4.78 is 40.0. The third-order valence-corrected chi connectivity index (χ3v) is 7.48. The Balaban J connectivity index is 1.63. The zero-order valence-electron chi connectivity index (χ0n) is 22.3. The van der Waals surface area contributed by atoms with Gasteiger partial charge in [0, 0.05) is 34.6 Å². The summed E-state index contributed by atoms with van der Waals surface area (Å²) in [5.74, 6) is -0.988. The Bertz CT molecular complexity index is 1270. The Morgan fingerprint density at radius 2 is 1.97 bits per heavy atom. The topological polar surface area (TPSA) is 79.7 Å². The van der Waals surface area contributed by atoms with E-state index in [1.807, 2.05) is 19.1 Å². The molecule has 0 bridgehead atoms. The maximum absolute atomic E-state index is 14.1. The third-order valence-electron chi connectivity index (χ3n) is 7.48. The number of anilines is 1. The van der Waals surface area contributed by atoms with E-state index in [0.29, 0.717) is 46.9 Å². The number of benzene rings is 2. The first-order valence-corrected chi connectivity index (χ1v) is 12.5. The number of likely N-dealkylation sites (tertiary alicyclic amines) is 1. The first kappa shape index (κ1) is 27.0. The third kappa shape index (κ3) is 5.62. The van der Waals surface area contributed by atoms with Crippen LogP contribution in [0.2, 0.25) is 0 Å². The molecule has 1 aliphatic rings. The Morgan fingerprint density at radius 1 is 1.22 bits per heavy atom. The molecule has 7 nitrogen and oxygen atoms in total. The van der Waals surface area contributed by atoms with E-state index in [-0.39, 0.29) is 17.1 Å². The molecule has 2 atom stereocenters. The van der Waals surface area contributed by atoms with Gasteiger partial charge in [-0.3, -0.25) is 4.90 Å². The zero-order chi connectivity index (χ0) is 27.0. The Labute approximate surface area is 216 Å². The van der Waals surface area contributed by atoms with Gasteiger partial charge in [0.15, 0.2) is 11.5 Å². The van der Waals surface area contributed by atoms with Crippen LogP contribution in [0.3, 0.4) is 0 Å². The summed E-state index contributed by atoms with van der Waals surface area (Å²) >= 11 is 0. The number of aromatic nitrogens is 2. The second kappa shape index (κ2) is 10.4. The monoisotopic (exact) mass is 514 g/mol. The van der Waals surface area contributed by atoms with Crippen molar-refractivity contribution in [2.45, 2.75) is 64.1 Å². The molecular formula is C28H36F2N4O3. The highest BCUT2D eigenvalue weighted by atomic mass is 19.3. The highest BCUT2D eigenvalue weighted by Gasteiger charge is 2.37. The fourth-order valence-electron chi connectivity index (χ4n) is 4.82. The number of hydrogen-bond acceptors (Lipinski definition) is 7. The van der Waals surface area contributed by atoms with Crippen molar-refractivity contribution in [1.82, 2.24) is 14.9 Å².